The fourth-order valence-corrected chi connectivity index (χ4v) is 2.72. The van der Waals surface area contributed by atoms with Crippen LogP contribution in [0.1, 0.15) is 46.5 Å². The van der Waals surface area contributed by atoms with Gasteiger partial charge in [0.25, 0.3) is 0 Å². The van der Waals surface area contributed by atoms with E-state index in [9.17, 15) is 0 Å². The van der Waals surface area contributed by atoms with Gasteiger partial charge in [0.2, 0.25) is 0 Å². The van der Waals surface area contributed by atoms with Gasteiger partial charge in [-0.3, -0.25) is 11.3 Å². The van der Waals surface area contributed by atoms with Gasteiger partial charge in [0, 0.05) is 6.54 Å². The van der Waals surface area contributed by atoms with Crippen LogP contribution in [0.5, 0.6) is 0 Å². The van der Waals surface area contributed by atoms with Gasteiger partial charge in [0.1, 0.15) is 0 Å². The summed E-state index contributed by atoms with van der Waals surface area (Å²) in [6.45, 7) is 8.02. The fraction of sp³-hybridized carbons (Fsp3) is 1.00. The summed E-state index contributed by atoms with van der Waals surface area (Å²) in [5.41, 5.74) is 3.76. The van der Waals surface area contributed by atoms with Crippen LogP contribution in [0.4, 0.5) is 0 Å². The molecule has 0 heterocycles. The molecule has 0 aromatic rings. The molecule has 0 aliphatic heterocycles. The molecule has 0 aromatic heterocycles. The van der Waals surface area contributed by atoms with Gasteiger partial charge in [-0.25, -0.2) is 0 Å². The maximum Gasteiger partial charge on any atom is 0.0152 e. The smallest absolute Gasteiger partial charge is 0.0152 e. The molecule has 1 fully saturated rings. The molecule has 1 rings (SSSR count). The summed E-state index contributed by atoms with van der Waals surface area (Å²) >= 11 is 0. The predicted molar refractivity (Wildman–Crippen MR) is 52.5 cm³/mol. The van der Waals surface area contributed by atoms with Crippen molar-refractivity contribution in [1.29, 1.82) is 0 Å². The Balaban J connectivity index is 2.55. The first-order chi connectivity index (χ1) is 5.47. The van der Waals surface area contributed by atoms with Crippen molar-refractivity contribution in [3.05, 3.63) is 0 Å². The van der Waals surface area contributed by atoms with E-state index in [1.165, 1.54) is 25.7 Å². The van der Waals surface area contributed by atoms with E-state index in [0.717, 1.165) is 6.54 Å². The van der Waals surface area contributed by atoms with E-state index in [1.54, 1.807) is 0 Å². The van der Waals surface area contributed by atoms with Crippen LogP contribution in [0.3, 0.4) is 0 Å². The topological polar surface area (TPSA) is 38.0 Å². The SMILES string of the molecule is CC1(C)CCCC(C)(CNN)C1. The number of nitrogens with two attached hydrogens (primary N) is 1. The lowest BCUT2D eigenvalue weighted by atomic mass is 9.64. The van der Waals surface area contributed by atoms with Crippen LogP contribution in [0.15, 0.2) is 0 Å². The van der Waals surface area contributed by atoms with Gasteiger partial charge in [0.15, 0.2) is 0 Å². The molecule has 2 heteroatoms. The Labute approximate surface area is 75.9 Å². The summed E-state index contributed by atoms with van der Waals surface area (Å²) in [7, 11) is 0. The highest BCUT2D eigenvalue weighted by molar-refractivity contribution is 4.88. The number of hydrogen-bond acceptors (Lipinski definition) is 2. The highest BCUT2D eigenvalue weighted by atomic mass is 15.2. The van der Waals surface area contributed by atoms with E-state index >= 15 is 0 Å². The normalized spacial score (nSPS) is 35.0. The maximum atomic E-state index is 5.38. The average molecular weight is 170 g/mol. The van der Waals surface area contributed by atoms with E-state index in [2.05, 4.69) is 26.2 Å². The van der Waals surface area contributed by atoms with Crippen LogP contribution in [0.25, 0.3) is 0 Å². The van der Waals surface area contributed by atoms with Gasteiger partial charge < -0.3 is 0 Å². The molecule has 1 aliphatic rings. The number of hydrogen-bond donors (Lipinski definition) is 2. The van der Waals surface area contributed by atoms with Crippen molar-refractivity contribution in [1.82, 2.24) is 5.43 Å². The minimum absolute atomic E-state index is 0.427. The highest BCUT2D eigenvalue weighted by Gasteiger charge is 2.35. The molecule has 1 unspecified atom stereocenters. The van der Waals surface area contributed by atoms with E-state index in [1.807, 2.05) is 0 Å². The van der Waals surface area contributed by atoms with Crippen molar-refractivity contribution in [2.24, 2.45) is 16.7 Å². The Bertz CT molecular complexity index is 150. The molecular formula is C10H22N2. The third kappa shape index (κ3) is 2.46. The van der Waals surface area contributed by atoms with E-state index in [-0.39, 0.29) is 0 Å². The number of hydrazine groups is 1. The van der Waals surface area contributed by atoms with Crippen LogP contribution in [0.2, 0.25) is 0 Å². The summed E-state index contributed by atoms with van der Waals surface area (Å²) in [5.74, 6) is 5.38. The van der Waals surface area contributed by atoms with Gasteiger partial charge in [-0.15, -0.1) is 0 Å². The lowest BCUT2D eigenvalue weighted by Gasteiger charge is -2.42. The molecule has 1 atom stereocenters. The average Bonchev–Trinajstić information content (AvgIpc) is 1.83. The minimum atomic E-state index is 0.427. The molecule has 0 amide bonds. The number of nitrogens with one attached hydrogen (secondary N) is 1. The highest BCUT2D eigenvalue weighted by Crippen LogP contribution is 2.45. The lowest BCUT2D eigenvalue weighted by molar-refractivity contribution is 0.0984. The largest absolute Gasteiger partial charge is 0.271 e. The maximum absolute atomic E-state index is 5.38. The van der Waals surface area contributed by atoms with Crippen molar-refractivity contribution in [3.63, 3.8) is 0 Å². The zero-order valence-corrected chi connectivity index (χ0v) is 8.61. The van der Waals surface area contributed by atoms with Crippen LogP contribution >= 0.6 is 0 Å². The first-order valence-electron chi connectivity index (χ1n) is 4.91. The third-order valence-electron chi connectivity index (χ3n) is 3.07. The van der Waals surface area contributed by atoms with Crippen LogP contribution in [-0.4, -0.2) is 6.54 Å². The summed E-state index contributed by atoms with van der Waals surface area (Å²) < 4.78 is 0. The van der Waals surface area contributed by atoms with Crippen LogP contribution < -0.4 is 11.3 Å². The standard InChI is InChI=1S/C10H22N2/c1-9(2)5-4-6-10(3,7-9)8-12-11/h12H,4-8,11H2,1-3H3. The van der Waals surface area contributed by atoms with Crippen molar-refractivity contribution < 1.29 is 0 Å². The van der Waals surface area contributed by atoms with E-state index in [0.29, 0.717) is 10.8 Å². The Morgan fingerprint density at radius 3 is 2.42 bits per heavy atom. The molecule has 0 radical (unpaired) electrons. The van der Waals surface area contributed by atoms with Gasteiger partial charge in [-0.1, -0.05) is 27.2 Å². The Morgan fingerprint density at radius 2 is 1.92 bits per heavy atom. The second-order valence-corrected chi connectivity index (χ2v) is 5.39. The molecule has 1 saturated carbocycles. The molecule has 3 N–H and O–H groups in total. The van der Waals surface area contributed by atoms with Gasteiger partial charge in [0.05, 0.1) is 0 Å². The lowest BCUT2D eigenvalue weighted by Crippen LogP contribution is -2.41. The Morgan fingerprint density at radius 1 is 1.25 bits per heavy atom. The molecule has 0 spiro atoms. The monoisotopic (exact) mass is 170 g/mol. The first kappa shape index (κ1) is 10.0. The molecule has 12 heavy (non-hydrogen) atoms. The molecular weight excluding hydrogens is 148 g/mol. The zero-order chi connectivity index (χ0) is 9.24. The Kier molecular flexibility index (Phi) is 2.79. The van der Waals surface area contributed by atoms with Crippen LogP contribution in [-0.2, 0) is 0 Å². The van der Waals surface area contributed by atoms with Gasteiger partial charge >= 0.3 is 0 Å². The van der Waals surface area contributed by atoms with E-state index in [4.69, 9.17) is 5.84 Å². The van der Waals surface area contributed by atoms with Crippen molar-refractivity contribution in [3.8, 4) is 0 Å². The zero-order valence-electron chi connectivity index (χ0n) is 8.61. The molecule has 1 aliphatic carbocycles. The predicted octanol–water partition coefficient (Wildman–Crippen LogP) is 2.06. The summed E-state index contributed by atoms with van der Waals surface area (Å²) in [4.78, 5) is 0. The first-order valence-corrected chi connectivity index (χ1v) is 4.91. The molecule has 72 valence electrons. The van der Waals surface area contributed by atoms with Crippen molar-refractivity contribution >= 4 is 0 Å². The summed E-state index contributed by atoms with van der Waals surface area (Å²) in [6.07, 6.45) is 5.34. The van der Waals surface area contributed by atoms with Gasteiger partial charge in [-0.05, 0) is 30.1 Å². The minimum Gasteiger partial charge on any atom is -0.271 e. The Hall–Kier alpha value is -0.0800. The second kappa shape index (κ2) is 3.35. The summed E-state index contributed by atoms with van der Waals surface area (Å²) in [5, 5.41) is 0. The molecule has 0 aromatic carbocycles. The van der Waals surface area contributed by atoms with Gasteiger partial charge in [-0.2, -0.15) is 0 Å². The number of rotatable bonds is 2. The molecule has 0 saturated heterocycles. The van der Waals surface area contributed by atoms with Crippen molar-refractivity contribution in [2.45, 2.75) is 46.5 Å². The molecule has 2 nitrogen and oxygen atoms in total. The second-order valence-electron chi connectivity index (χ2n) is 5.39. The summed E-state index contributed by atoms with van der Waals surface area (Å²) in [6, 6.07) is 0. The third-order valence-corrected chi connectivity index (χ3v) is 3.07. The fourth-order valence-electron chi connectivity index (χ4n) is 2.72. The quantitative estimate of drug-likeness (QED) is 0.492. The van der Waals surface area contributed by atoms with E-state index < -0.39 is 0 Å². The van der Waals surface area contributed by atoms with Crippen molar-refractivity contribution in [2.75, 3.05) is 6.54 Å². The van der Waals surface area contributed by atoms with Crippen LogP contribution in [0, 0.1) is 10.8 Å². The molecule has 0 bridgehead atoms.